The minimum absolute atomic E-state index is 0.0861. The summed E-state index contributed by atoms with van der Waals surface area (Å²) in [5, 5.41) is 9.97. The van der Waals surface area contributed by atoms with Crippen molar-refractivity contribution in [3.8, 4) is 11.5 Å². The molecule has 0 aliphatic carbocycles. The van der Waals surface area contributed by atoms with Gasteiger partial charge in [0.15, 0.2) is 11.5 Å². The van der Waals surface area contributed by atoms with Gasteiger partial charge in [-0.25, -0.2) is 9.78 Å². The maximum atomic E-state index is 13.2. The second-order valence-electron chi connectivity index (χ2n) is 8.29. The highest BCUT2D eigenvalue weighted by atomic mass is 16.5. The van der Waals surface area contributed by atoms with E-state index in [1.165, 1.54) is 0 Å². The molecule has 0 unspecified atom stereocenters. The summed E-state index contributed by atoms with van der Waals surface area (Å²) in [6.45, 7) is 4.16. The molecule has 0 radical (unpaired) electrons. The van der Waals surface area contributed by atoms with E-state index in [0.29, 0.717) is 43.4 Å². The van der Waals surface area contributed by atoms with Crippen LogP contribution in [0.3, 0.4) is 0 Å². The van der Waals surface area contributed by atoms with Gasteiger partial charge in [-0.1, -0.05) is 19.8 Å². The van der Waals surface area contributed by atoms with Crippen LogP contribution in [0.15, 0.2) is 42.7 Å². The Morgan fingerprint density at radius 3 is 2.76 bits per heavy atom. The Morgan fingerprint density at radius 2 is 2.00 bits per heavy atom. The molecule has 1 aromatic carbocycles. The van der Waals surface area contributed by atoms with E-state index in [0.717, 1.165) is 35.9 Å². The van der Waals surface area contributed by atoms with E-state index in [-0.39, 0.29) is 12.6 Å². The van der Waals surface area contributed by atoms with Gasteiger partial charge in [-0.3, -0.25) is 9.69 Å². The predicted octanol–water partition coefficient (Wildman–Crippen LogP) is 4.14. The van der Waals surface area contributed by atoms with Crippen molar-refractivity contribution in [1.82, 2.24) is 14.5 Å². The molecule has 9 nitrogen and oxygen atoms in total. The van der Waals surface area contributed by atoms with E-state index >= 15 is 0 Å². The number of benzene rings is 1. The number of carboxylic acids is 1. The minimum Gasteiger partial charge on any atom is -0.493 e. The van der Waals surface area contributed by atoms with Crippen molar-refractivity contribution < 1.29 is 24.2 Å². The summed E-state index contributed by atoms with van der Waals surface area (Å²) in [4.78, 5) is 32.2. The Morgan fingerprint density at radius 1 is 1.15 bits per heavy atom. The van der Waals surface area contributed by atoms with E-state index in [1.54, 1.807) is 33.9 Å². The van der Waals surface area contributed by atoms with Crippen LogP contribution in [-0.2, 0) is 17.9 Å². The Hall–Kier alpha value is -3.75. The van der Waals surface area contributed by atoms with Crippen molar-refractivity contribution in [3.63, 3.8) is 0 Å². The molecule has 1 N–H and O–H groups in total. The lowest BCUT2D eigenvalue weighted by Gasteiger charge is -2.20. The number of anilines is 1. The summed E-state index contributed by atoms with van der Waals surface area (Å²) in [6.07, 6.45) is 6.55. The first kappa shape index (κ1) is 23.4. The second-order valence-corrected chi connectivity index (χ2v) is 8.29. The molecule has 3 aromatic rings. The number of nitrogens with zero attached hydrogens (tertiary/aromatic N) is 4. The summed E-state index contributed by atoms with van der Waals surface area (Å²) >= 11 is 0. The number of hydrogen-bond acceptors (Lipinski definition) is 5. The number of unbranched alkanes of at least 4 members (excludes halogenated alkanes) is 2. The molecular formula is C25H30N4O5. The van der Waals surface area contributed by atoms with E-state index in [1.807, 2.05) is 30.3 Å². The number of aromatic nitrogens is 2. The summed E-state index contributed by atoms with van der Waals surface area (Å²) in [5.41, 5.74) is 2.30. The van der Waals surface area contributed by atoms with Crippen LogP contribution < -0.4 is 14.4 Å². The molecule has 4 rings (SSSR count). The molecule has 1 fully saturated rings. The molecule has 9 heteroatoms. The Balaban J connectivity index is 1.49. The van der Waals surface area contributed by atoms with E-state index < -0.39 is 5.97 Å². The molecule has 34 heavy (non-hydrogen) atoms. The van der Waals surface area contributed by atoms with Crippen molar-refractivity contribution in [2.45, 2.75) is 39.3 Å². The highest BCUT2D eigenvalue weighted by molar-refractivity contribution is 5.94. The SMILES string of the molecule is CCCCCOc1cc(N2CCN(Cc3ccnc4c3ccn4CC(=O)O)C2=O)ccc1OC. The molecule has 3 heterocycles. The average Bonchev–Trinajstić information content (AvgIpc) is 3.40. The van der Waals surface area contributed by atoms with Gasteiger partial charge in [0.2, 0.25) is 0 Å². The lowest BCUT2D eigenvalue weighted by atomic mass is 10.2. The zero-order valence-electron chi connectivity index (χ0n) is 19.6. The molecule has 1 saturated heterocycles. The van der Waals surface area contributed by atoms with Gasteiger partial charge in [-0.05, 0) is 36.2 Å². The third-order valence-electron chi connectivity index (χ3n) is 5.98. The second kappa shape index (κ2) is 10.5. The van der Waals surface area contributed by atoms with Gasteiger partial charge in [-0.2, -0.15) is 0 Å². The lowest BCUT2D eigenvalue weighted by Crippen LogP contribution is -2.31. The third-order valence-corrected chi connectivity index (χ3v) is 5.98. The molecule has 180 valence electrons. The van der Waals surface area contributed by atoms with Crippen LogP contribution in [0.5, 0.6) is 11.5 Å². The summed E-state index contributed by atoms with van der Waals surface area (Å²) < 4.78 is 13.0. The molecule has 2 amide bonds. The molecule has 0 saturated carbocycles. The Labute approximate surface area is 198 Å². The first-order valence-corrected chi connectivity index (χ1v) is 11.5. The van der Waals surface area contributed by atoms with Gasteiger partial charge in [0.1, 0.15) is 12.2 Å². The zero-order chi connectivity index (χ0) is 24.1. The van der Waals surface area contributed by atoms with Crippen LogP contribution in [0, 0.1) is 0 Å². The minimum atomic E-state index is -0.928. The summed E-state index contributed by atoms with van der Waals surface area (Å²) in [7, 11) is 1.61. The standard InChI is InChI=1S/C25H30N4O5/c1-3-4-5-14-34-22-15-19(6-7-21(22)33-2)29-13-12-28(25(29)32)16-18-8-10-26-24-20(18)9-11-27(24)17-23(30)31/h6-11,15H,3-5,12-14,16-17H2,1-2H3,(H,30,31). The number of ether oxygens (including phenoxy) is 2. The van der Waals surface area contributed by atoms with Crippen LogP contribution in [0.25, 0.3) is 11.0 Å². The molecule has 1 aliphatic rings. The van der Waals surface area contributed by atoms with Gasteiger partial charge in [0, 0.05) is 49.2 Å². The first-order chi connectivity index (χ1) is 16.5. The van der Waals surface area contributed by atoms with Gasteiger partial charge < -0.3 is 24.0 Å². The Kier molecular flexibility index (Phi) is 7.20. The van der Waals surface area contributed by atoms with Crippen molar-refractivity contribution in [2.75, 3.05) is 31.7 Å². The number of carbonyl (C=O) groups is 2. The number of aliphatic carboxylic acids is 1. The zero-order valence-corrected chi connectivity index (χ0v) is 19.6. The number of urea groups is 1. The highest BCUT2D eigenvalue weighted by Crippen LogP contribution is 2.34. The third kappa shape index (κ3) is 4.93. The summed E-state index contributed by atoms with van der Waals surface area (Å²) in [5.74, 6) is 0.357. The first-order valence-electron chi connectivity index (χ1n) is 11.5. The van der Waals surface area contributed by atoms with Gasteiger partial charge in [0.25, 0.3) is 0 Å². The average molecular weight is 467 g/mol. The quantitative estimate of drug-likeness (QED) is 0.427. The molecule has 0 atom stereocenters. The van der Waals surface area contributed by atoms with Crippen LogP contribution >= 0.6 is 0 Å². The number of rotatable bonds is 11. The van der Waals surface area contributed by atoms with Crippen molar-refractivity contribution >= 4 is 28.7 Å². The predicted molar refractivity (Wildman–Crippen MR) is 129 cm³/mol. The fourth-order valence-corrected chi connectivity index (χ4v) is 4.21. The monoisotopic (exact) mass is 466 g/mol. The summed E-state index contributed by atoms with van der Waals surface area (Å²) in [6, 6.07) is 9.21. The van der Waals surface area contributed by atoms with Gasteiger partial charge in [-0.15, -0.1) is 0 Å². The molecule has 0 bridgehead atoms. The van der Waals surface area contributed by atoms with E-state index in [4.69, 9.17) is 14.6 Å². The van der Waals surface area contributed by atoms with Crippen LogP contribution in [0.4, 0.5) is 10.5 Å². The number of amides is 2. The maximum absolute atomic E-state index is 13.2. The lowest BCUT2D eigenvalue weighted by molar-refractivity contribution is -0.137. The maximum Gasteiger partial charge on any atom is 0.324 e. The number of fused-ring (bicyclic) bond motifs is 1. The van der Waals surface area contributed by atoms with E-state index in [9.17, 15) is 9.59 Å². The fraction of sp³-hybridized carbons (Fsp3) is 0.400. The van der Waals surface area contributed by atoms with Crippen LogP contribution in [0.1, 0.15) is 31.7 Å². The normalized spacial score (nSPS) is 13.6. The van der Waals surface area contributed by atoms with Crippen molar-refractivity contribution in [3.05, 3.63) is 48.3 Å². The largest absolute Gasteiger partial charge is 0.493 e. The van der Waals surface area contributed by atoms with Crippen molar-refractivity contribution in [1.29, 1.82) is 0 Å². The number of methoxy groups -OCH3 is 1. The van der Waals surface area contributed by atoms with Crippen LogP contribution in [-0.4, -0.2) is 58.4 Å². The van der Waals surface area contributed by atoms with Crippen LogP contribution in [0.2, 0.25) is 0 Å². The molecule has 2 aromatic heterocycles. The number of carbonyl (C=O) groups excluding carboxylic acids is 1. The molecule has 0 spiro atoms. The number of pyridine rings is 1. The Bertz CT molecular complexity index is 1180. The molecule has 1 aliphatic heterocycles. The van der Waals surface area contributed by atoms with Gasteiger partial charge >= 0.3 is 12.0 Å². The topological polar surface area (TPSA) is 97.1 Å². The smallest absolute Gasteiger partial charge is 0.324 e. The number of carboxylic acid groups (broad SMARTS) is 1. The van der Waals surface area contributed by atoms with Crippen molar-refractivity contribution in [2.24, 2.45) is 0 Å². The van der Waals surface area contributed by atoms with E-state index in [2.05, 4.69) is 11.9 Å². The number of hydrogen-bond donors (Lipinski definition) is 1. The fourth-order valence-electron chi connectivity index (χ4n) is 4.21. The highest BCUT2D eigenvalue weighted by Gasteiger charge is 2.30. The molecular weight excluding hydrogens is 436 g/mol. The van der Waals surface area contributed by atoms with Gasteiger partial charge in [0.05, 0.1) is 13.7 Å².